The fourth-order valence-electron chi connectivity index (χ4n) is 0.891. The van der Waals surface area contributed by atoms with Gasteiger partial charge in [-0.25, -0.2) is 0 Å². The Bertz CT molecular complexity index is 284. The van der Waals surface area contributed by atoms with Crippen LogP contribution in [0.5, 0.6) is 0 Å². The van der Waals surface area contributed by atoms with Gasteiger partial charge < -0.3 is 5.11 Å². The third kappa shape index (κ3) is 2.01. The molecule has 1 aromatic carbocycles. The van der Waals surface area contributed by atoms with E-state index in [2.05, 4.69) is 5.92 Å². The summed E-state index contributed by atoms with van der Waals surface area (Å²) in [6, 6.07) is 7.13. The van der Waals surface area contributed by atoms with E-state index in [1.165, 1.54) is 0 Å². The van der Waals surface area contributed by atoms with Crippen molar-refractivity contribution in [1.29, 1.82) is 0 Å². The van der Waals surface area contributed by atoms with Crippen molar-refractivity contribution in [2.75, 3.05) is 5.88 Å². The Kier molecular flexibility index (Phi) is 3.16. The van der Waals surface area contributed by atoms with Crippen LogP contribution < -0.4 is 0 Å². The van der Waals surface area contributed by atoms with Crippen molar-refractivity contribution in [2.24, 2.45) is 0 Å². The molecular formula is C10H9ClO. The number of halogens is 1. The van der Waals surface area contributed by atoms with Crippen molar-refractivity contribution in [1.82, 2.24) is 0 Å². The summed E-state index contributed by atoms with van der Waals surface area (Å²) in [5.41, 5.74) is 1.60. The van der Waals surface area contributed by atoms with Gasteiger partial charge in [0, 0.05) is 5.56 Å². The lowest BCUT2D eigenvalue weighted by Crippen LogP contribution is -1.97. The van der Waals surface area contributed by atoms with E-state index in [1.54, 1.807) is 24.3 Å². The van der Waals surface area contributed by atoms with Crippen LogP contribution >= 0.6 is 11.6 Å². The maximum Gasteiger partial charge on any atom is 0.0925 e. The Balaban J connectivity index is 2.86. The summed E-state index contributed by atoms with van der Waals surface area (Å²) in [6.07, 6.45) is 4.57. The second kappa shape index (κ2) is 4.15. The van der Waals surface area contributed by atoms with Crippen molar-refractivity contribution in [3.8, 4) is 12.3 Å². The van der Waals surface area contributed by atoms with E-state index < -0.39 is 6.10 Å². The summed E-state index contributed by atoms with van der Waals surface area (Å²) in [6.45, 7) is 0. The molecule has 0 heterocycles. The molecule has 1 rings (SSSR count). The molecule has 1 aromatic rings. The minimum absolute atomic E-state index is 0.204. The van der Waals surface area contributed by atoms with Gasteiger partial charge in [0.15, 0.2) is 0 Å². The summed E-state index contributed by atoms with van der Waals surface area (Å²) in [7, 11) is 0. The Morgan fingerprint density at radius 3 is 2.42 bits per heavy atom. The molecule has 0 saturated carbocycles. The topological polar surface area (TPSA) is 20.2 Å². The molecule has 1 nitrogen and oxygen atoms in total. The summed E-state index contributed by atoms with van der Waals surface area (Å²) in [4.78, 5) is 0. The standard InChI is InChI=1S/C10H9ClO/c1-2-8-3-5-9(6-4-8)10(12)7-11/h1,3-6,10,12H,7H2. The predicted octanol–water partition coefficient (Wildman–Crippen LogP) is 1.94. The zero-order valence-electron chi connectivity index (χ0n) is 6.50. The maximum absolute atomic E-state index is 9.31. The largest absolute Gasteiger partial charge is 0.387 e. The van der Waals surface area contributed by atoms with E-state index in [1.807, 2.05) is 0 Å². The van der Waals surface area contributed by atoms with Gasteiger partial charge in [0.2, 0.25) is 0 Å². The van der Waals surface area contributed by atoms with Gasteiger partial charge in [0.05, 0.1) is 12.0 Å². The molecule has 0 aromatic heterocycles. The SMILES string of the molecule is C#Cc1ccc(C(O)CCl)cc1. The van der Waals surface area contributed by atoms with Crippen LogP contribution in [0.25, 0.3) is 0 Å². The molecule has 0 amide bonds. The average molecular weight is 181 g/mol. The van der Waals surface area contributed by atoms with E-state index in [0.29, 0.717) is 0 Å². The molecule has 0 spiro atoms. The summed E-state index contributed by atoms with van der Waals surface area (Å²) in [5, 5.41) is 9.31. The third-order valence-corrected chi connectivity index (χ3v) is 1.90. The minimum atomic E-state index is -0.599. The first-order chi connectivity index (χ1) is 5.77. The Hall–Kier alpha value is -0.970. The summed E-state index contributed by atoms with van der Waals surface area (Å²) in [5.74, 6) is 2.70. The lowest BCUT2D eigenvalue weighted by Gasteiger charge is -2.05. The average Bonchev–Trinajstić information content (AvgIpc) is 2.17. The molecule has 0 radical (unpaired) electrons. The highest BCUT2D eigenvalue weighted by Gasteiger charge is 2.03. The molecular weight excluding hydrogens is 172 g/mol. The van der Waals surface area contributed by atoms with Crippen LogP contribution in [0.2, 0.25) is 0 Å². The Morgan fingerprint density at radius 2 is 2.00 bits per heavy atom. The van der Waals surface area contributed by atoms with Crippen LogP contribution in [0.4, 0.5) is 0 Å². The third-order valence-electron chi connectivity index (χ3n) is 1.61. The highest BCUT2D eigenvalue weighted by Crippen LogP contribution is 2.14. The molecule has 0 aliphatic heterocycles. The zero-order valence-corrected chi connectivity index (χ0v) is 7.25. The van der Waals surface area contributed by atoms with Gasteiger partial charge in [0.25, 0.3) is 0 Å². The lowest BCUT2D eigenvalue weighted by atomic mass is 10.1. The molecule has 0 aliphatic carbocycles. The smallest absolute Gasteiger partial charge is 0.0925 e. The molecule has 1 unspecified atom stereocenters. The van der Waals surface area contributed by atoms with Gasteiger partial charge >= 0.3 is 0 Å². The molecule has 2 heteroatoms. The Morgan fingerprint density at radius 1 is 1.42 bits per heavy atom. The number of alkyl halides is 1. The van der Waals surface area contributed by atoms with Crippen LogP contribution in [0.1, 0.15) is 17.2 Å². The van der Waals surface area contributed by atoms with Crippen molar-refractivity contribution >= 4 is 11.6 Å². The molecule has 0 saturated heterocycles. The van der Waals surface area contributed by atoms with Crippen LogP contribution in [-0.4, -0.2) is 11.0 Å². The minimum Gasteiger partial charge on any atom is -0.387 e. The molecule has 0 bridgehead atoms. The quantitative estimate of drug-likeness (QED) is 0.545. The molecule has 0 aliphatic rings. The van der Waals surface area contributed by atoms with Crippen LogP contribution in [0.15, 0.2) is 24.3 Å². The maximum atomic E-state index is 9.31. The van der Waals surface area contributed by atoms with Crippen molar-refractivity contribution in [3.63, 3.8) is 0 Å². The first kappa shape index (κ1) is 9.12. The highest BCUT2D eigenvalue weighted by atomic mass is 35.5. The van der Waals surface area contributed by atoms with Crippen LogP contribution in [0, 0.1) is 12.3 Å². The number of terminal acetylenes is 1. The second-order valence-electron chi connectivity index (χ2n) is 2.44. The first-order valence-electron chi connectivity index (χ1n) is 3.58. The molecule has 0 fully saturated rings. The van der Waals surface area contributed by atoms with Gasteiger partial charge in [-0.2, -0.15) is 0 Å². The van der Waals surface area contributed by atoms with Gasteiger partial charge in [-0.3, -0.25) is 0 Å². The number of hydrogen-bond donors (Lipinski definition) is 1. The van der Waals surface area contributed by atoms with E-state index in [-0.39, 0.29) is 5.88 Å². The van der Waals surface area contributed by atoms with E-state index in [4.69, 9.17) is 18.0 Å². The number of rotatable bonds is 2. The molecule has 62 valence electrons. The zero-order chi connectivity index (χ0) is 8.97. The van der Waals surface area contributed by atoms with Gasteiger partial charge in [-0.05, 0) is 17.7 Å². The molecule has 1 N–H and O–H groups in total. The second-order valence-corrected chi connectivity index (χ2v) is 2.75. The van der Waals surface area contributed by atoms with Gasteiger partial charge in [-0.1, -0.05) is 18.1 Å². The Labute approximate surface area is 77.0 Å². The summed E-state index contributed by atoms with van der Waals surface area (Å²) < 4.78 is 0. The van der Waals surface area contributed by atoms with Crippen LogP contribution in [-0.2, 0) is 0 Å². The normalized spacial score (nSPS) is 12.1. The predicted molar refractivity (Wildman–Crippen MR) is 50.1 cm³/mol. The fourth-order valence-corrected chi connectivity index (χ4v) is 1.07. The van der Waals surface area contributed by atoms with E-state index >= 15 is 0 Å². The first-order valence-corrected chi connectivity index (χ1v) is 4.12. The van der Waals surface area contributed by atoms with Gasteiger partial charge in [0.1, 0.15) is 0 Å². The van der Waals surface area contributed by atoms with Crippen molar-refractivity contribution in [2.45, 2.75) is 6.10 Å². The van der Waals surface area contributed by atoms with Gasteiger partial charge in [-0.15, -0.1) is 18.0 Å². The molecule has 1 atom stereocenters. The monoisotopic (exact) mass is 180 g/mol. The number of aliphatic hydroxyl groups excluding tert-OH is 1. The van der Waals surface area contributed by atoms with Crippen LogP contribution in [0.3, 0.4) is 0 Å². The lowest BCUT2D eigenvalue weighted by molar-refractivity contribution is 0.202. The summed E-state index contributed by atoms with van der Waals surface area (Å²) >= 11 is 5.47. The van der Waals surface area contributed by atoms with E-state index in [9.17, 15) is 5.11 Å². The fraction of sp³-hybridized carbons (Fsp3) is 0.200. The number of benzene rings is 1. The number of aliphatic hydroxyl groups is 1. The number of hydrogen-bond acceptors (Lipinski definition) is 1. The molecule has 12 heavy (non-hydrogen) atoms. The highest BCUT2D eigenvalue weighted by molar-refractivity contribution is 6.18. The van der Waals surface area contributed by atoms with Crippen molar-refractivity contribution < 1.29 is 5.11 Å². The van der Waals surface area contributed by atoms with E-state index in [0.717, 1.165) is 11.1 Å². The van der Waals surface area contributed by atoms with Crippen molar-refractivity contribution in [3.05, 3.63) is 35.4 Å².